The van der Waals surface area contributed by atoms with E-state index in [0.717, 1.165) is 53.5 Å². The number of ether oxygens (including phenoxy) is 2. The van der Waals surface area contributed by atoms with Gasteiger partial charge in [-0.05, 0) is 127 Å². The highest BCUT2D eigenvalue weighted by atomic mass is 16.5. The number of phenols is 1. The Labute approximate surface area is 305 Å². The lowest BCUT2D eigenvalue weighted by molar-refractivity contribution is -0.135. The molecular formula is C45H46O7. The predicted molar refractivity (Wildman–Crippen MR) is 198 cm³/mol. The monoisotopic (exact) mass is 698 g/mol. The fourth-order valence-corrected chi connectivity index (χ4v) is 10.0. The fourth-order valence-electron chi connectivity index (χ4n) is 10.0. The van der Waals surface area contributed by atoms with Crippen LogP contribution in [0.3, 0.4) is 0 Å². The van der Waals surface area contributed by atoms with Gasteiger partial charge in [0.2, 0.25) is 0 Å². The highest BCUT2D eigenvalue weighted by Crippen LogP contribution is 2.72. The van der Waals surface area contributed by atoms with Crippen LogP contribution in [0.1, 0.15) is 63.0 Å². The minimum Gasteiger partial charge on any atom is -0.508 e. The van der Waals surface area contributed by atoms with E-state index in [0.29, 0.717) is 48.3 Å². The summed E-state index contributed by atoms with van der Waals surface area (Å²) in [5, 5.41) is 30.3. The number of benzene rings is 3. The van der Waals surface area contributed by atoms with Crippen molar-refractivity contribution in [2.24, 2.45) is 35.0 Å². The molecule has 7 nitrogen and oxygen atoms in total. The molecule has 9 rings (SSSR count). The molecule has 0 amide bonds. The molecule has 0 unspecified atom stereocenters. The zero-order chi connectivity index (χ0) is 36.0. The second-order valence-corrected chi connectivity index (χ2v) is 15.1. The molecule has 1 saturated carbocycles. The van der Waals surface area contributed by atoms with E-state index in [1.807, 2.05) is 48.5 Å². The van der Waals surface area contributed by atoms with Crippen LogP contribution >= 0.6 is 0 Å². The molecule has 52 heavy (non-hydrogen) atoms. The minimum absolute atomic E-state index is 0.0232. The zero-order valence-electron chi connectivity index (χ0n) is 29.6. The molecule has 2 fully saturated rings. The first-order chi connectivity index (χ1) is 25.4. The molecule has 0 aromatic heterocycles. The molecule has 268 valence electrons. The molecule has 3 aromatic rings. The van der Waals surface area contributed by atoms with Gasteiger partial charge in [0.15, 0.2) is 0 Å². The van der Waals surface area contributed by atoms with E-state index in [1.165, 1.54) is 5.56 Å². The van der Waals surface area contributed by atoms with Crippen molar-refractivity contribution in [2.75, 3.05) is 13.2 Å². The Morgan fingerprint density at radius 2 is 1.67 bits per heavy atom. The smallest absolute Gasteiger partial charge is 0.340 e. The topological polar surface area (TPSA) is 113 Å². The Hall–Kier alpha value is -4.72. The van der Waals surface area contributed by atoms with E-state index < -0.39 is 5.41 Å². The van der Waals surface area contributed by atoms with E-state index in [4.69, 9.17) is 9.47 Å². The summed E-state index contributed by atoms with van der Waals surface area (Å²) in [6, 6.07) is 25.9. The van der Waals surface area contributed by atoms with Crippen molar-refractivity contribution in [3.05, 3.63) is 130 Å². The van der Waals surface area contributed by atoms with Gasteiger partial charge in [0, 0.05) is 30.3 Å². The minimum atomic E-state index is -0.866. The van der Waals surface area contributed by atoms with Crippen LogP contribution in [0.25, 0.3) is 16.7 Å². The molecule has 2 heterocycles. The molecule has 6 atom stereocenters. The number of carbonyl (C=O) groups excluding carboxylic acids is 2. The van der Waals surface area contributed by atoms with Gasteiger partial charge in [-0.2, -0.15) is 0 Å². The summed E-state index contributed by atoms with van der Waals surface area (Å²) in [7, 11) is 0. The maximum Gasteiger partial charge on any atom is 0.340 e. The molecule has 3 aromatic carbocycles. The lowest BCUT2D eigenvalue weighted by atomic mass is 9.44. The van der Waals surface area contributed by atoms with E-state index in [9.17, 15) is 24.9 Å². The molecule has 1 saturated heterocycles. The van der Waals surface area contributed by atoms with Crippen molar-refractivity contribution in [1.82, 2.24) is 0 Å². The Balaban J connectivity index is 1.33. The number of aromatic hydroxyl groups is 1. The third-order valence-electron chi connectivity index (χ3n) is 12.4. The number of allylic oxidation sites excluding steroid dienone is 5. The number of cyclic esters (lactones) is 2. The number of aliphatic hydroxyl groups is 2. The Morgan fingerprint density at radius 1 is 0.904 bits per heavy atom. The number of phenolic OH excluding ortho intramolecular Hbond substituents is 1. The molecular weight excluding hydrogens is 652 g/mol. The first kappa shape index (κ1) is 34.4. The summed E-state index contributed by atoms with van der Waals surface area (Å²) in [4.78, 5) is 28.7. The highest BCUT2D eigenvalue weighted by Gasteiger charge is 2.68. The van der Waals surface area contributed by atoms with Crippen LogP contribution in [-0.4, -0.2) is 40.5 Å². The molecule has 4 aliphatic carbocycles. The van der Waals surface area contributed by atoms with Gasteiger partial charge in [0.05, 0.1) is 11.0 Å². The summed E-state index contributed by atoms with van der Waals surface area (Å²) in [5.41, 5.74) is 6.25. The summed E-state index contributed by atoms with van der Waals surface area (Å²) in [5.74, 6) is 0.284. The van der Waals surface area contributed by atoms with E-state index in [2.05, 4.69) is 37.3 Å². The number of carbonyl (C=O) groups is 2. The van der Waals surface area contributed by atoms with Gasteiger partial charge in [0.25, 0.3) is 0 Å². The Kier molecular flexibility index (Phi) is 9.26. The van der Waals surface area contributed by atoms with Crippen molar-refractivity contribution >= 4 is 17.5 Å². The first-order valence-electron chi connectivity index (χ1n) is 18.9. The van der Waals surface area contributed by atoms with Gasteiger partial charge in [-0.1, -0.05) is 73.7 Å². The van der Waals surface area contributed by atoms with Crippen LogP contribution < -0.4 is 0 Å². The number of esters is 2. The maximum absolute atomic E-state index is 14.6. The predicted octanol–water partition coefficient (Wildman–Crippen LogP) is 8.08. The molecule has 7 heteroatoms. The van der Waals surface area contributed by atoms with Crippen LogP contribution in [0.15, 0.2) is 119 Å². The Bertz CT molecular complexity index is 2010. The molecule has 2 aliphatic heterocycles. The SMILES string of the molecule is CC[C@H](C=C1OC(=O)C2=C(c3cc(O)ccc3-c3ccccc3)[C@@H]3CC[C@]12[C@H]1C2=C(CC[C@H]31)C(=CC[C@H](CO)CCO)OC2=O)Cc1ccccc1. The average molecular weight is 699 g/mol. The van der Waals surface area contributed by atoms with Crippen LogP contribution in [0.5, 0.6) is 5.75 Å². The number of hydrogen-bond donors (Lipinski definition) is 3. The van der Waals surface area contributed by atoms with E-state index in [1.54, 1.807) is 12.1 Å². The number of hydrogen-bond acceptors (Lipinski definition) is 7. The molecule has 1 spiro atoms. The lowest BCUT2D eigenvalue weighted by Crippen LogP contribution is -2.52. The number of aliphatic hydroxyl groups excluding tert-OH is 2. The fraction of sp³-hybridized carbons (Fsp3) is 0.378. The van der Waals surface area contributed by atoms with Gasteiger partial charge >= 0.3 is 11.9 Å². The first-order valence-corrected chi connectivity index (χ1v) is 18.9. The zero-order valence-corrected chi connectivity index (χ0v) is 29.6. The second-order valence-electron chi connectivity index (χ2n) is 15.1. The normalized spacial score (nSPS) is 27.4. The van der Waals surface area contributed by atoms with Crippen LogP contribution in [0.4, 0.5) is 0 Å². The van der Waals surface area contributed by atoms with Crippen molar-refractivity contribution in [3.8, 4) is 16.9 Å². The largest absolute Gasteiger partial charge is 0.508 e. The highest BCUT2D eigenvalue weighted by molar-refractivity contribution is 6.07. The second kappa shape index (κ2) is 14.0. The van der Waals surface area contributed by atoms with Crippen molar-refractivity contribution in [2.45, 2.75) is 58.3 Å². The van der Waals surface area contributed by atoms with Crippen molar-refractivity contribution in [1.29, 1.82) is 0 Å². The third-order valence-corrected chi connectivity index (χ3v) is 12.4. The third kappa shape index (κ3) is 5.66. The van der Waals surface area contributed by atoms with Crippen LogP contribution in [-0.2, 0) is 25.5 Å². The molecule has 6 aliphatic rings. The molecule has 3 N–H and O–H groups in total. The van der Waals surface area contributed by atoms with Gasteiger partial charge in [-0.15, -0.1) is 0 Å². The summed E-state index contributed by atoms with van der Waals surface area (Å²) >= 11 is 0. The average Bonchev–Trinajstić information content (AvgIpc) is 3.66. The van der Waals surface area contributed by atoms with Gasteiger partial charge in [-0.25, -0.2) is 9.59 Å². The number of fused-ring (bicyclic) bond motifs is 1. The standard InChI is InChI=1S/C45H46O7/c1-2-27(23-28-9-5-3-6-10-28)24-38-45-21-19-33(34-16-17-35-37(18-13-29(26-47)20-22-46)51-43(49)40(35)41(34)45)39(42(45)44(50)52-38)36-25-31(48)14-15-32(36)30-11-7-4-8-12-30/h3-12,14-15,18,24-25,27,29,33-34,41,46-48H,2,13,16-17,19-23,26H2,1H3/t27-,29-,33+,34+,41+,45+/m0/s1. The van der Waals surface area contributed by atoms with E-state index in [-0.39, 0.29) is 60.5 Å². The summed E-state index contributed by atoms with van der Waals surface area (Å²) in [6.45, 7) is 2.07. The van der Waals surface area contributed by atoms with Gasteiger partial charge < -0.3 is 24.8 Å². The number of rotatable bonds is 11. The quantitative estimate of drug-likeness (QED) is 0.174. The van der Waals surface area contributed by atoms with Crippen LogP contribution in [0.2, 0.25) is 0 Å². The lowest BCUT2D eigenvalue weighted by Gasteiger charge is -2.56. The van der Waals surface area contributed by atoms with Gasteiger partial charge in [-0.3, -0.25) is 0 Å². The van der Waals surface area contributed by atoms with E-state index >= 15 is 0 Å². The van der Waals surface area contributed by atoms with Gasteiger partial charge in [0.1, 0.15) is 17.3 Å². The molecule has 2 bridgehead atoms. The summed E-state index contributed by atoms with van der Waals surface area (Å²) < 4.78 is 12.5. The maximum atomic E-state index is 14.6. The van der Waals surface area contributed by atoms with Crippen molar-refractivity contribution < 1.29 is 34.4 Å². The molecule has 0 radical (unpaired) electrons. The van der Waals surface area contributed by atoms with Crippen LogP contribution in [0, 0.1) is 35.0 Å². The van der Waals surface area contributed by atoms with Crippen molar-refractivity contribution in [3.63, 3.8) is 0 Å². The Morgan fingerprint density at radius 3 is 2.40 bits per heavy atom. The summed E-state index contributed by atoms with van der Waals surface area (Å²) in [6.07, 6.45) is 9.63.